The van der Waals surface area contributed by atoms with Gasteiger partial charge in [0.1, 0.15) is 5.82 Å². The molecular formula is C22H32N6O4S. The first-order valence-corrected chi connectivity index (χ1v) is 13.3. The van der Waals surface area contributed by atoms with Crippen LogP contribution in [0.4, 0.5) is 5.82 Å². The van der Waals surface area contributed by atoms with Gasteiger partial charge in [-0.3, -0.25) is 14.6 Å². The van der Waals surface area contributed by atoms with E-state index in [0.717, 1.165) is 42.6 Å². The molecule has 1 aliphatic carbocycles. The number of anilines is 1. The molecule has 1 amide bonds. The van der Waals surface area contributed by atoms with E-state index in [1.807, 2.05) is 26.8 Å². The minimum atomic E-state index is -3.26. The molecule has 0 aromatic carbocycles. The van der Waals surface area contributed by atoms with Crippen molar-refractivity contribution in [2.24, 2.45) is 5.92 Å². The zero-order valence-electron chi connectivity index (χ0n) is 19.6. The van der Waals surface area contributed by atoms with Crippen LogP contribution in [0.2, 0.25) is 0 Å². The highest BCUT2D eigenvalue weighted by molar-refractivity contribution is 7.88. The van der Waals surface area contributed by atoms with E-state index in [9.17, 15) is 18.0 Å². The Balaban J connectivity index is 1.63. The normalized spacial score (nSPS) is 18.2. The van der Waals surface area contributed by atoms with Gasteiger partial charge in [-0.2, -0.15) is 9.78 Å². The van der Waals surface area contributed by atoms with Gasteiger partial charge in [0.25, 0.3) is 5.56 Å². The van der Waals surface area contributed by atoms with E-state index < -0.39 is 10.0 Å². The summed E-state index contributed by atoms with van der Waals surface area (Å²) in [6, 6.07) is 1.81. The smallest absolute Gasteiger partial charge is 0.255 e. The Kier molecular flexibility index (Phi) is 6.21. The zero-order chi connectivity index (χ0) is 24.0. The topological polar surface area (TPSA) is 130 Å². The summed E-state index contributed by atoms with van der Waals surface area (Å²) in [5.74, 6) is 0.234. The number of carbonyl (C=O) groups is 1. The zero-order valence-corrected chi connectivity index (χ0v) is 20.5. The predicted octanol–water partition coefficient (Wildman–Crippen LogP) is 1.74. The molecule has 11 heteroatoms. The number of H-pyrrole nitrogens is 1. The van der Waals surface area contributed by atoms with Crippen LogP contribution in [0.15, 0.2) is 10.9 Å². The van der Waals surface area contributed by atoms with Crippen LogP contribution in [-0.4, -0.2) is 57.7 Å². The Hall–Kier alpha value is -2.53. The third-order valence-corrected chi connectivity index (χ3v) is 7.71. The molecule has 2 N–H and O–H groups in total. The molecule has 2 aromatic heterocycles. The van der Waals surface area contributed by atoms with Gasteiger partial charge in [-0.15, -0.1) is 0 Å². The summed E-state index contributed by atoms with van der Waals surface area (Å²) in [6.07, 6.45) is 5.53. The molecule has 0 spiro atoms. The van der Waals surface area contributed by atoms with Crippen LogP contribution < -0.4 is 10.9 Å². The maximum atomic E-state index is 13.1. The summed E-state index contributed by atoms with van der Waals surface area (Å²) in [4.78, 5) is 33.2. The van der Waals surface area contributed by atoms with Crippen molar-refractivity contribution in [1.82, 2.24) is 24.1 Å². The number of fused-ring (bicyclic) bond motifs is 1. The number of nitrogens with zero attached hydrogens (tertiary/aromatic N) is 4. The van der Waals surface area contributed by atoms with Crippen molar-refractivity contribution in [3.63, 3.8) is 0 Å². The van der Waals surface area contributed by atoms with E-state index in [1.165, 1.54) is 15.2 Å². The highest BCUT2D eigenvalue weighted by Gasteiger charge is 2.30. The summed E-state index contributed by atoms with van der Waals surface area (Å²) < 4.78 is 26.4. The molecule has 0 radical (unpaired) electrons. The lowest BCUT2D eigenvalue weighted by Crippen LogP contribution is -2.41. The molecule has 2 aliphatic rings. The van der Waals surface area contributed by atoms with Crippen molar-refractivity contribution in [3.8, 4) is 5.95 Å². The lowest BCUT2D eigenvalue weighted by molar-refractivity contribution is -0.120. The molecule has 2 aromatic rings. The maximum absolute atomic E-state index is 13.1. The molecule has 0 unspecified atom stereocenters. The van der Waals surface area contributed by atoms with Crippen molar-refractivity contribution in [3.05, 3.63) is 33.4 Å². The second-order valence-corrected chi connectivity index (χ2v) is 12.0. The third kappa shape index (κ3) is 5.03. The molecule has 33 heavy (non-hydrogen) atoms. The van der Waals surface area contributed by atoms with Crippen molar-refractivity contribution >= 4 is 21.7 Å². The van der Waals surface area contributed by atoms with Crippen molar-refractivity contribution in [1.29, 1.82) is 0 Å². The number of rotatable bonds is 4. The summed E-state index contributed by atoms with van der Waals surface area (Å²) in [5.41, 5.74) is 1.84. The molecule has 3 heterocycles. The lowest BCUT2D eigenvalue weighted by Gasteiger charge is -2.29. The van der Waals surface area contributed by atoms with Gasteiger partial charge in [0.2, 0.25) is 21.9 Å². The number of carbonyl (C=O) groups excluding carboxylic acids is 1. The Morgan fingerprint density at radius 2 is 1.85 bits per heavy atom. The monoisotopic (exact) mass is 476 g/mol. The summed E-state index contributed by atoms with van der Waals surface area (Å²) in [5, 5.41) is 7.62. The fourth-order valence-electron chi connectivity index (χ4n) is 4.37. The number of hydrogen-bond donors (Lipinski definition) is 2. The number of amides is 1. The average Bonchev–Trinajstić information content (AvgIpc) is 3.17. The van der Waals surface area contributed by atoms with E-state index in [2.05, 4.69) is 20.4 Å². The minimum absolute atomic E-state index is 0.159. The largest absolute Gasteiger partial charge is 0.310 e. The summed E-state index contributed by atoms with van der Waals surface area (Å²) >= 11 is 0. The highest BCUT2D eigenvalue weighted by atomic mass is 32.2. The van der Waals surface area contributed by atoms with Gasteiger partial charge in [0.05, 0.1) is 17.6 Å². The van der Waals surface area contributed by atoms with E-state index in [1.54, 1.807) is 0 Å². The SMILES string of the molecule is CC(C)(C)c1cc(NC(=O)C2CCN(S(C)(=O)=O)CC2)n(-c2nc3c(c(=O)[nH]2)CCCC3)n1. The van der Waals surface area contributed by atoms with Crippen LogP contribution in [0.25, 0.3) is 5.95 Å². The maximum Gasteiger partial charge on any atom is 0.255 e. The van der Waals surface area contributed by atoms with Crippen LogP contribution in [0.1, 0.15) is 63.4 Å². The van der Waals surface area contributed by atoms with Gasteiger partial charge in [-0.1, -0.05) is 20.8 Å². The fourth-order valence-corrected chi connectivity index (χ4v) is 5.24. The van der Waals surface area contributed by atoms with Crippen molar-refractivity contribution < 1.29 is 13.2 Å². The molecule has 0 saturated carbocycles. The van der Waals surface area contributed by atoms with Gasteiger partial charge in [0, 0.05) is 36.1 Å². The van der Waals surface area contributed by atoms with Gasteiger partial charge < -0.3 is 5.32 Å². The number of aryl methyl sites for hydroxylation is 1. The summed E-state index contributed by atoms with van der Waals surface area (Å²) in [7, 11) is -3.26. The van der Waals surface area contributed by atoms with E-state index in [4.69, 9.17) is 0 Å². The first kappa shape index (κ1) is 23.6. The fraction of sp³-hybridized carbons (Fsp3) is 0.636. The van der Waals surface area contributed by atoms with Gasteiger partial charge >= 0.3 is 0 Å². The van der Waals surface area contributed by atoms with Gasteiger partial charge in [-0.25, -0.2) is 17.7 Å². The number of sulfonamides is 1. The van der Waals surface area contributed by atoms with E-state index in [-0.39, 0.29) is 22.8 Å². The van der Waals surface area contributed by atoms with E-state index >= 15 is 0 Å². The van der Waals surface area contributed by atoms with Crippen LogP contribution in [0, 0.1) is 5.92 Å². The molecule has 10 nitrogen and oxygen atoms in total. The number of aromatic nitrogens is 4. The number of piperidine rings is 1. The van der Waals surface area contributed by atoms with Crippen LogP contribution in [-0.2, 0) is 33.1 Å². The van der Waals surface area contributed by atoms with Crippen LogP contribution in [0.3, 0.4) is 0 Å². The van der Waals surface area contributed by atoms with E-state index in [0.29, 0.717) is 37.7 Å². The Morgan fingerprint density at radius 3 is 2.48 bits per heavy atom. The molecular weight excluding hydrogens is 444 g/mol. The van der Waals surface area contributed by atoms with Crippen molar-refractivity contribution in [2.75, 3.05) is 24.7 Å². The molecule has 1 aliphatic heterocycles. The number of nitrogens with one attached hydrogen (secondary N) is 2. The molecule has 4 rings (SSSR count). The Labute approximate surface area is 193 Å². The molecule has 1 fully saturated rings. The first-order chi connectivity index (χ1) is 15.4. The summed E-state index contributed by atoms with van der Waals surface area (Å²) in [6.45, 7) is 6.71. The minimum Gasteiger partial charge on any atom is -0.310 e. The number of hydrogen-bond acceptors (Lipinski definition) is 6. The van der Waals surface area contributed by atoms with Crippen LogP contribution in [0.5, 0.6) is 0 Å². The van der Waals surface area contributed by atoms with Gasteiger partial charge in [0.15, 0.2) is 0 Å². The van der Waals surface area contributed by atoms with Crippen LogP contribution >= 0.6 is 0 Å². The Bertz CT molecular complexity index is 1220. The average molecular weight is 477 g/mol. The quantitative estimate of drug-likeness (QED) is 0.691. The Morgan fingerprint density at radius 1 is 1.18 bits per heavy atom. The molecule has 0 atom stereocenters. The highest BCUT2D eigenvalue weighted by Crippen LogP contribution is 2.27. The second-order valence-electron chi connectivity index (χ2n) is 10.0. The molecule has 0 bridgehead atoms. The lowest BCUT2D eigenvalue weighted by atomic mass is 9.92. The predicted molar refractivity (Wildman–Crippen MR) is 125 cm³/mol. The van der Waals surface area contributed by atoms with Crippen molar-refractivity contribution in [2.45, 2.75) is 64.7 Å². The molecule has 180 valence electrons. The second kappa shape index (κ2) is 8.68. The third-order valence-electron chi connectivity index (χ3n) is 6.40. The standard InChI is InChI=1S/C22H32N6O4S/c1-22(2,3)17-13-18(24-19(29)14-9-11-27(12-10-14)33(4,31)32)28(26-17)21-23-16-8-6-5-7-15(16)20(30)25-21/h13-14H,5-12H2,1-4H3,(H,24,29)(H,23,25,30). The first-order valence-electron chi connectivity index (χ1n) is 11.4. The van der Waals surface area contributed by atoms with Gasteiger partial charge in [-0.05, 0) is 38.5 Å². The number of aromatic amines is 1. The molecule has 1 saturated heterocycles.